The van der Waals surface area contributed by atoms with E-state index in [0.29, 0.717) is 16.4 Å². The number of carbonyl (C=O) groups excluding carboxylic acids is 2. The molecule has 1 unspecified atom stereocenters. The first-order chi connectivity index (χ1) is 16.4. The van der Waals surface area contributed by atoms with E-state index in [9.17, 15) is 9.59 Å². The van der Waals surface area contributed by atoms with Gasteiger partial charge in [0.1, 0.15) is 6.33 Å². The average molecular weight is 480 g/mol. The van der Waals surface area contributed by atoms with Gasteiger partial charge in [0, 0.05) is 18.3 Å². The van der Waals surface area contributed by atoms with Crippen molar-refractivity contribution in [3.8, 4) is 0 Å². The Labute approximate surface area is 205 Å². The lowest BCUT2D eigenvalue weighted by molar-refractivity contribution is -0.113. The summed E-state index contributed by atoms with van der Waals surface area (Å²) in [6, 6.07) is 15.4. The molecule has 0 fully saturated rings. The Morgan fingerprint density at radius 3 is 2.53 bits per heavy atom. The molecule has 8 heteroatoms. The van der Waals surface area contributed by atoms with Crippen LogP contribution in [0.5, 0.6) is 0 Å². The molecule has 1 aromatic heterocycles. The second-order valence-corrected chi connectivity index (χ2v) is 9.62. The quantitative estimate of drug-likeness (QED) is 0.377. The van der Waals surface area contributed by atoms with Gasteiger partial charge in [-0.1, -0.05) is 69.3 Å². The standard InChI is InChI=1S/C26H33N5O2S/c1-5-6-8-19-11-13-20(14-12-19)24(18(2)3)29-25(33)21-9-7-10-22(15-21)28-23(32)16-34-26-30-27-17-31(26)4/h7,9-15,17-18,24H,5-6,8,16H2,1-4H3,(H,28,32)(H,29,33). The van der Waals surface area contributed by atoms with Crippen molar-refractivity contribution in [2.45, 2.75) is 51.2 Å². The molecule has 0 aliphatic carbocycles. The summed E-state index contributed by atoms with van der Waals surface area (Å²) in [7, 11) is 1.83. The lowest BCUT2D eigenvalue weighted by atomic mass is 9.94. The van der Waals surface area contributed by atoms with Crippen LogP contribution in [0.15, 0.2) is 60.0 Å². The highest BCUT2D eigenvalue weighted by atomic mass is 32.2. The third-order valence-electron chi connectivity index (χ3n) is 5.52. The molecular formula is C26H33N5O2S. The fourth-order valence-corrected chi connectivity index (χ4v) is 4.29. The van der Waals surface area contributed by atoms with Crippen molar-refractivity contribution in [2.75, 3.05) is 11.1 Å². The molecule has 1 atom stereocenters. The Morgan fingerprint density at radius 2 is 1.88 bits per heavy atom. The van der Waals surface area contributed by atoms with Crippen LogP contribution in [0, 0.1) is 5.92 Å². The van der Waals surface area contributed by atoms with Crippen molar-refractivity contribution in [1.29, 1.82) is 0 Å². The van der Waals surface area contributed by atoms with Crippen molar-refractivity contribution in [1.82, 2.24) is 20.1 Å². The third kappa shape index (κ3) is 7.18. The van der Waals surface area contributed by atoms with Gasteiger partial charge in [0.2, 0.25) is 5.91 Å². The molecule has 0 saturated heterocycles. The second-order valence-electron chi connectivity index (χ2n) is 8.68. The molecule has 0 saturated carbocycles. The normalized spacial score (nSPS) is 11.9. The number of amides is 2. The van der Waals surface area contributed by atoms with Gasteiger partial charge in [-0.3, -0.25) is 9.59 Å². The summed E-state index contributed by atoms with van der Waals surface area (Å²) in [4.78, 5) is 25.4. The van der Waals surface area contributed by atoms with Crippen LogP contribution in [0.3, 0.4) is 0 Å². The fourth-order valence-electron chi connectivity index (χ4n) is 3.60. The van der Waals surface area contributed by atoms with Crippen molar-refractivity contribution in [3.63, 3.8) is 0 Å². The summed E-state index contributed by atoms with van der Waals surface area (Å²) < 4.78 is 1.76. The number of thioether (sulfide) groups is 1. The summed E-state index contributed by atoms with van der Waals surface area (Å²) in [6.07, 6.45) is 5.01. The highest BCUT2D eigenvalue weighted by Crippen LogP contribution is 2.24. The summed E-state index contributed by atoms with van der Waals surface area (Å²) in [5, 5.41) is 14.5. The fraction of sp³-hybridized carbons (Fsp3) is 0.385. The second kappa shape index (κ2) is 12.4. The van der Waals surface area contributed by atoms with Crippen LogP contribution in [-0.4, -0.2) is 32.3 Å². The average Bonchev–Trinajstić information content (AvgIpc) is 3.24. The van der Waals surface area contributed by atoms with Gasteiger partial charge >= 0.3 is 0 Å². The monoisotopic (exact) mass is 479 g/mol. The minimum atomic E-state index is -0.172. The molecule has 3 rings (SSSR count). The number of unbranched alkanes of at least 4 members (excludes halogenated alkanes) is 1. The molecule has 2 amide bonds. The van der Waals surface area contributed by atoms with E-state index in [1.165, 1.54) is 30.2 Å². The molecule has 0 aliphatic rings. The Bertz CT molecular complexity index is 1090. The van der Waals surface area contributed by atoms with Gasteiger partial charge in [-0.05, 0) is 48.1 Å². The van der Waals surface area contributed by atoms with E-state index in [1.54, 1.807) is 35.2 Å². The van der Waals surface area contributed by atoms with Gasteiger partial charge in [0.15, 0.2) is 5.16 Å². The molecule has 0 aliphatic heterocycles. The summed E-state index contributed by atoms with van der Waals surface area (Å²) in [5.74, 6) is 0.0881. The lowest BCUT2D eigenvalue weighted by Gasteiger charge is -2.23. The van der Waals surface area contributed by atoms with Crippen LogP contribution in [0.4, 0.5) is 5.69 Å². The molecular weight excluding hydrogens is 446 g/mol. The highest BCUT2D eigenvalue weighted by Gasteiger charge is 2.19. The van der Waals surface area contributed by atoms with Gasteiger partial charge in [-0.25, -0.2) is 0 Å². The molecule has 7 nitrogen and oxygen atoms in total. The number of nitrogens with zero attached hydrogens (tertiary/aromatic N) is 3. The van der Waals surface area contributed by atoms with Crippen LogP contribution in [0.2, 0.25) is 0 Å². The zero-order valence-electron chi connectivity index (χ0n) is 20.2. The molecule has 0 bridgehead atoms. The van der Waals surface area contributed by atoms with Crippen molar-refractivity contribution >= 4 is 29.3 Å². The predicted octanol–water partition coefficient (Wildman–Crippen LogP) is 5.02. The van der Waals surface area contributed by atoms with Gasteiger partial charge in [-0.15, -0.1) is 10.2 Å². The Hall–Kier alpha value is -3.13. The van der Waals surface area contributed by atoms with E-state index in [4.69, 9.17) is 0 Å². The number of aromatic nitrogens is 3. The van der Waals surface area contributed by atoms with Crippen LogP contribution < -0.4 is 10.6 Å². The summed E-state index contributed by atoms with van der Waals surface area (Å²) in [6.45, 7) is 6.39. The molecule has 0 spiro atoms. The Kier molecular flexibility index (Phi) is 9.27. The zero-order valence-corrected chi connectivity index (χ0v) is 21.1. The third-order valence-corrected chi connectivity index (χ3v) is 6.56. The van der Waals surface area contributed by atoms with Crippen molar-refractivity contribution in [3.05, 3.63) is 71.5 Å². The number of aryl methyl sites for hydroxylation is 2. The summed E-state index contributed by atoms with van der Waals surface area (Å²) >= 11 is 1.30. The van der Waals surface area contributed by atoms with E-state index >= 15 is 0 Å². The molecule has 0 radical (unpaired) electrons. The topological polar surface area (TPSA) is 88.9 Å². The van der Waals surface area contributed by atoms with E-state index in [1.807, 2.05) is 7.05 Å². The Morgan fingerprint density at radius 1 is 1.12 bits per heavy atom. The molecule has 180 valence electrons. The van der Waals surface area contributed by atoms with Gasteiger partial charge < -0.3 is 15.2 Å². The number of hydrogen-bond donors (Lipinski definition) is 2. The van der Waals surface area contributed by atoms with Crippen LogP contribution in [0.25, 0.3) is 0 Å². The van der Waals surface area contributed by atoms with E-state index in [2.05, 4.69) is 65.9 Å². The first-order valence-electron chi connectivity index (χ1n) is 11.6. The van der Waals surface area contributed by atoms with E-state index in [0.717, 1.165) is 12.0 Å². The maximum Gasteiger partial charge on any atom is 0.251 e. The molecule has 3 aromatic rings. The van der Waals surface area contributed by atoms with Gasteiger partial charge in [0.25, 0.3) is 5.91 Å². The smallest absolute Gasteiger partial charge is 0.251 e. The van der Waals surface area contributed by atoms with Gasteiger partial charge in [0.05, 0.1) is 11.8 Å². The molecule has 2 aromatic carbocycles. The zero-order chi connectivity index (χ0) is 24.5. The largest absolute Gasteiger partial charge is 0.345 e. The lowest BCUT2D eigenvalue weighted by Crippen LogP contribution is -2.31. The number of carbonyl (C=O) groups is 2. The maximum atomic E-state index is 13.1. The first-order valence-corrected chi connectivity index (χ1v) is 12.6. The minimum Gasteiger partial charge on any atom is -0.345 e. The van der Waals surface area contributed by atoms with Crippen molar-refractivity contribution < 1.29 is 9.59 Å². The van der Waals surface area contributed by atoms with E-state index < -0.39 is 0 Å². The Balaban J connectivity index is 1.62. The van der Waals surface area contributed by atoms with E-state index in [-0.39, 0.29) is 29.5 Å². The first kappa shape index (κ1) is 25.5. The number of nitrogens with one attached hydrogen (secondary N) is 2. The van der Waals surface area contributed by atoms with Gasteiger partial charge in [-0.2, -0.15) is 0 Å². The molecule has 1 heterocycles. The molecule has 2 N–H and O–H groups in total. The maximum absolute atomic E-state index is 13.1. The minimum absolute atomic E-state index is 0.103. The van der Waals surface area contributed by atoms with Crippen LogP contribution >= 0.6 is 11.8 Å². The van der Waals surface area contributed by atoms with Crippen LogP contribution in [-0.2, 0) is 18.3 Å². The number of hydrogen-bond acceptors (Lipinski definition) is 5. The SMILES string of the molecule is CCCCc1ccc(C(NC(=O)c2cccc(NC(=O)CSc3nncn3C)c2)C(C)C)cc1. The molecule has 34 heavy (non-hydrogen) atoms. The number of anilines is 1. The highest BCUT2D eigenvalue weighted by molar-refractivity contribution is 7.99. The predicted molar refractivity (Wildman–Crippen MR) is 137 cm³/mol. The van der Waals surface area contributed by atoms with Crippen molar-refractivity contribution in [2.24, 2.45) is 13.0 Å². The number of rotatable bonds is 11. The number of benzene rings is 2. The summed E-state index contributed by atoms with van der Waals surface area (Å²) in [5.41, 5.74) is 3.50. The van der Waals surface area contributed by atoms with Crippen LogP contribution in [0.1, 0.15) is 61.1 Å².